The van der Waals surface area contributed by atoms with Gasteiger partial charge in [-0.1, -0.05) is 30.3 Å². The fourth-order valence-electron chi connectivity index (χ4n) is 1.66. The molecule has 1 nitrogen and oxygen atoms in total. The Bertz CT molecular complexity index is 242. The first-order chi connectivity index (χ1) is 6.45. The molecule has 0 bridgehead atoms. The molecule has 0 radical (unpaired) electrons. The summed E-state index contributed by atoms with van der Waals surface area (Å²) in [5.41, 5.74) is 1.44. The molecule has 1 saturated heterocycles. The van der Waals surface area contributed by atoms with Gasteiger partial charge in [-0.3, -0.25) is 0 Å². The minimum absolute atomic E-state index is 0.866. The third kappa shape index (κ3) is 2.75. The number of thioether (sulfide) groups is 1. The van der Waals surface area contributed by atoms with Gasteiger partial charge >= 0.3 is 0 Å². The Balaban J connectivity index is 1.79. The zero-order chi connectivity index (χ0) is 8.93. The largest absolute Gasteiger partial charge is 0.339 e. The van der Waals surface area contributed by atoms with Crippen LogP contribution in [0.3, 0.4) is 0 Å². The summed E-state index contributed by atoms with van der Waals surface area (Å²) >= 11 is 2.09. The summed E-state index contributed by atoms with van der Waals surface area (Å²) in [4.78, 5) is 0. The van der Waals surface area contributed by atoms with Crippen LogP contribution in [0.5, 0.6) is 0 Å². The van der Waals surface area contributed by atoms with Gasteiger partial charge in [-0.2, -0.15) is 11.8 Å². The number of rotatable bonds is 3. The Morgan fingerprint density at radius 1 is 1.31 bits per heavy atom. The molecule has 0 amide bonds. The van der Waals surface area contributed by atoms with E-state index in [1.165, 1.54) is 23.5 Å². The van der Waals surface area contributed by atoms with Crippen LogP contribution < -0.4 is 5.32 Å². The zero-order valence-corrected chi connectivity index (χ0v) is 8.59. The number of quaternary nitrogens is 1. The second kappa shape index (κ2) is 4.68. The first-order valence-corrected chi connectivity index (χ1v) is 6.05. The first kappa shape index (κ1) is 9.10. The molecule has 1 aliphatic heterocycles. The third-order valence-electron chi connectivity index (χ3n) is 2.49. The van der Waals surface area contributed by atoms with Crippen molar-refractivity contribution in [2.45, 2.75) is 19.0 Å². The van der Waals surface area contributed by atoms with Crippen molar-refractivity contribution in [2.24, 2.45) is 0 Å². The average Bonchev–Trinajstić information content (AvgIpc) is 2.69. The Kier molecular flexibility index (Phi) is 3.27. The van der Waals surface area contributed by atoms with Crippen molar-refractivity contribution in [2.75, 3.05) is 11.5 Å². The van der Waals surface area contributed by atoms with Crippen molar-refractivity contribution in [3.8, 4) is 0 Å². The van der Waals surface area contributed by atoms with Crippen molar-refractivity contribution in [3.05, 3.63) is 35.9 Å². The molecule has 2 N–H and O–H groups in total. The molecule has 2 rings (SSSR count). The van der Waals surface area contributed by atoms with Gasteiger partial charge in [0.25, 0.3) is 0 Å². The molecule has 1 aromatic rings. The monoisotopic (exact) mass is 194 g/mol. The SMILES string of the molecule is c1ccc(C[NH2+][C@H]2CCSC2)cc1. The van der Waals surface area contributed by atoms with E-state index in [4.69, 9.17) is 0 Å². The predicted molar refractivity (Wildman–Crippen MR) is 57.8 cm³/mol. The van der Waals surface area contributed by atoms with E-state index in [9.17, 15) is 0 Å². The average molecular weight is 194 g/mol. The second-order valence-corrected chi connectivity index (χ2v) is 4.70. The molecule has 1 aromatic carbocycles. The molecule has 0 aromatic heterocycles. The Hall–Kier alpha value is -0.470. The van der Waals surface area contributed by atoms with E-state index < -0.39 is 0 Å². The molecule has 70 valence electrons. The van der Waals surface area contributed by atoms with Crippen LogP contribution >= 0.6 is 11.8 Å². The molecule has 2 heteroatoms. The van der Waals surface area contributed by atoms with E-state index in [2.05, 4.69) is 47.4 Å². The van der Waals surface area contributed by atoms with E-state index in [1.54, 1.807) is 0 Å². The smallest absolute Gasteiger partial charge is 0.101 e. The van der Waals surface area contributed by atoms with Crippen molar-refractivity contribution >= 4 is 11.8 Å². The zero-order valence-electron chi connectivity index (χ0n) is 7.78. The van der Waals surface area contributed by atoms with E-state index in [0.29, 0.717) is 0 Å². The molecule has 0 spiro atoms. The molecule has 1 aliphatic rings. The molecule has 0 aliphatic carbocycles. The van der Waals surface area contributed by atoms with Gasteiger partial charge in [0.1, 0.15) is 6.54 Å². The summed E-state index contributed by atoms with van der Waals surface area (Å²) in [5.74, 6) is 2.70. The highest BCUT2D eigenvalue weighted by Crippen LogP contribution is 2.14. The first-order valence-electron chi connectivity index (χ1n) is 4.90. The second-order valence-electron chi connectivity index (χ2n) is 3.55. The van der Waals surface area contributed by atoms with Gasteiger partial charge in [0.15, 0.2) is 0 Å². The van der Waals surface area contributed by atoms with Gasteiger partial charge in [0.2, 0.25) is 0 Å². The Morgan fingerprint density at radius 3 is 2.85 bits per heavy atom. The van der Waals surface area contributed by atoms with E-state index in [0.717, 1.165) is 12.6 Å². The Morgan fingerprint density at radius 2 is 2.15 bits per heavy atom. The highest BCUT2D eigenvalue weighted by Gasteiger charge is 2.17. The summed E-state index contributed by atoms with van der Waals surface area (Å²) < 4.78 is 0. The van der Waals surface area contributed by atoms with Crippen LogP contribution in [0.2, 0.25) is 0 Å². The van der Waals surface area contributed by atoms with Crippen molar-refractivity contribution < 1.29 is 5.32 Å². The molecule has 1 atom stereocenters. The number of benzene rings is 1. The lowest BCUT2D eigenvalue weighted by atomic mass is 10.2. The summed E-state index contributed by atoms with van der Waals surface area (Å²) in [6.07, 6.45) is 1.39. The van der Waals surface area contributed by atoms with Crippen LogP contribution in [-0.2, 0) is 6.54 Å². The highest BCUT2D eigenvalue weighted by atomic mass is 32.2. The molecule has 13 heavy (non-hydrogen) atoms. The van der Waals surface area contributed by atoms with E-state index in [-0.39, 0.29) is 0 Å². The summed E-state index contributed by atoms with van der Waals surface area (Å²) in [6.45, 7) is 1.14. The van der Waals surface area contributed by atoms with Crippen molar-refractivity contribution in [1.29, 1.82) is 0 Å². The fraction of sp³-hybridized carbons (Fsp3) is 0.455. The van der Waals surface area contributed by atoms with Gasteiger partial charge in [-0.15, -0.1) is 0 Å². The number of nitrogens with two attached hydrogens (primary N) is 1. The third-order valence-corrected chi connectivity index (χ3v) is 3.68. The van der Waals surface area contributed by atoms with Crippen LogP contribution in [0.4, 0.5) is 0 Å². The highest BCUT2D eigenvalue weighted by molar-refractivity contribution is 7.99. The minimum Gasteiger partial charge on any atom is -0.339 e. The lowest BCUT2D eigenvalue weighted by molar-refractivity contribution is -0.699. The maximum absolute atomic E-state index is 2.48. The standard InChI is InChI=1S/C11H15NS/c1-2-4-10(5-3-1)8-12-11-6-7-13-9-11/h1-5,11-12H,6-9H2/p+1/t11-/m0/s1. The molecule has 0 unspecified atom stereocenters. The van der Waals surface area contributed by atoms with Gasteiger partial charge in [-0.05, 0) is 5.75 Å². The number of hydrogen-bond acceptors (Lipinski definition) is 1. The normalized spacial score (nSPS) is 22.0. The molecule has 0 saturated carbocycles. The molecular formula is C11H16NS+. The van der Waals surface area contributed by atoms with Crippen molar-refractivity contribution in [1.82, 2.24) is 0 Å². The summed E-state index contributed by atoms with van der Waals surface area (Å²) in [7, 11) is 0. The molecule has 1 fully saturated rings. The van der Waals surface area contributed by atoms with E-state index >= 15 is 0 Å². The maximum atomic E-state index is 2.48. The van der Waals surface area contributed by atoms with Gasteiger partial charge in [0, 0.05) is 17.7 Å². The molecule has 1 heterocycles. The lowest BCUT2D eigenvalue weighted by Crippen LogP contribution is -2.88. The van der Waals surface area contributed by atoms with E-state index in [1.807, 2.05) is 0 Å². The van der Waals surface area contributed by atoms with Crippen LogP contribution in [0.25, 0.3) is 0 Å². The van der Waals surface area contributed by atoms with Crippen LogP contribution in [0.15, 0.2) is 30.3 Å². The van der Waals surface area contributed by atoms with Gasteiger partial charge < -0.3 is 5.32 Å². The van der Waals surface area contributed by atoms with Crippen LogP contribution in [-0.4, -0.2) is 17.5 Å². The quantitative estimate of drug-likeness (QED) is 0.766. The fourth-order valence-corrected chi connectivity index (χ4v) is 2.90. The summed E-state index contributed by atoms with van der Waals surface area (Å²) in [5, 5.41) is 2.48. The minimum atomic E-state index is 0.866. The predicted octanol–water partition coefficient (Wildman–Crippen LogP) is 1.26. The van der Waals surface area contributed by atoms with Crippen molar-refractivity contribution in [3.63, 3.8) is 0 Å². The summed E-state index contributed by atoms with van der Waals surface area (Å²) in [6, 6.07) is 11.6. The lowest BCUT2D eigenvalue weighted by Gasteiger charge is -2.07. The Labute approximate surface area is 83.9 Å². The topological polar surface area (TPSA) is 16.6 Å². The van der Waals surface area contributed by atoms with Crippen LogP contribution in [0.1, 0.15) is 12.0 Å². The van der Waals surface area contributed by atoms with Gasteiger partial charge in [-0.25, -0.2) is 0 Å². The van der Waals surface area contributed by atoms with Crippen LogP contribution in [0, 0.1) is 0 Å². The van der Waals surface area contributed by atoms with Gasteiger partial charge in [0.05, 0.1) is 6.04 Å². The maximum Gasteiger partial charge on any atom is 0.101 e. The number of hydrogen-bond donors (Lipinski definition) is 1. The molecular weight excluding hydrogens is 178 g/mol.